The van der Waals surface area contributed by atoms with Crippen LogP contribution in [0.25, 0.3) is 0 Å². The number of hydrogen-bond acceptors (Lipinski definition) is 5. The summed E-state index contributed by atoms with van der Waals surface area (Å²) in [5, 5.41) is 7.23. The van der Waals surface area contributed by atoms with Gasteiger partial charge in [-0.25, -0.2) is 0 Å². The van der Waals surface area contributed by atoms with Gasteiger partial charge in [0.1, 0.15) is 11.5 Å². The number of anilines is 2. The number of allylic oxidation sites excluding steroid dienone is 1. The first kappa shape index (κ1) is 23.0. The molecule has 2 atom stereocenters. The maximum atomic E-state index is 13.7. The number of nitrogens with one attached hydrogen (secondary N) is 2. The molecule has 0 saturated heterocycles. The molecule has 5 heteroatoms. The number of methoxy groups -OCH3 is 1. The van der Waals surface area contributed by atoms with E-state index in [0.717, 1.165) is 51.7 Å². The third kappa shape index (κ3) is 4.90. The van der Waals surface area contributed by atoms with Crippen LogP contribution in [-0.2, 0) is 4.79 Å². The van der Waals surface area contributed by atoms with Gasteiger partial charge in [-0.2, -0.15) is 0 Å². The van der Waals surface area contributed by atoms with Crippen LogP contribution in [0.5, 0.6) is 11.5 Å². The fraction of sp³-hybridized carbons (Fsp3) is 0.300. The Morgan fingerprint density at radius 1 is 0.857 bits per heavy atom. The molecule has 2 aliphatic rings. The Balaban J connectivity index is 1.47. The van der Waals surface area contributed by atoms with Gasteiger partial charge in [0, 0.05) is 17.7 Å². The monoisotopic (exact) mass is 468 g/mol. The van der Waals surface area contributed by atoms with Gasteiger partial charge in [-0.1, -0.05) is 50.2 Å². The van der Waals surface area contributed by atoms with E-state index in [2.05, 4.69) is 48.7 Å². The number of ketones is 1. The standard InChI is InChI=1S/C30H32N2O3/c1-19(2)18-35-24-14-8-20(9-15-24)22-16-27-29(28(33)17-22)30(21-10-12-23(34-3)13-11-21)32-26-7-5-4-6-25(26)31-27/h4-15,19,22,30-32H,16-18H2,1-3H3. The highest BCUT2D eigenvalue weighted by Crippen LogP contribution is 2.44. The lowest BCUT2D eigenvalue weighted by Crippen LogP contribution is -2.26. The first-order chi connectivity index (χ1) is 17.0. The maximum Gasteiger partial charge on any atom is 0.163 e. The normalized spacial score (nSPS) is 19.3. The summed E-state index contributed by atoms with van der Waals surface area (Å²) in [6.07, 6.45) is 1.26. The van der Waals surface area contributed by atoms with E-state index in [0.29, 0.717) is 18.9 Å². The Bertz CT molecular complexity index is 1230. The molecule has 35 heavy (non-hydrogen) atoms. The van der Waals surface area contributed by atoms with Crippen LogP contribution in [0, 0.1) is 5.92 Å². The van der Waals surface area contributed by atoms with E-state index in [9.17, 15) is 4.79 Å². The number of fused-ring (bicyclic) bond motifs is 1. The number of Topliss-reactive ketones (excluding diaryl/α,β-unsaturated/α-hetero) is 1. The second-order valence-corrected chi connectivity index (χ2v) is 9.72. The number of ether oxygens (including phenoxy) is 2. The summed E-state index contributed by atoms with van der Waals surface area (Å²) in [4.78, 5) is 13.7. The molecule has 0 bridgehead atoms. The van der Waals surface area contributed by atoms with Crippen molar-refractivity contribution in [1.29, 1.82) is 0 Å². The molecular weight excluding hydrogens is 436 g/mol. The predicted octanol–water partition coefficient (Wildman–Crippen LogP) is 6.71. The minimum absolute atomic E-state index is 0.120. The molecule has 3 aromatic rings. The molecule has 0 aromatic heterocycles. The van der Waals surface area contributed by atoms with Crippen LogP contribution in [0.3, 0.4) is 0 Å². The molecule has 2 N–H and O–H groups in total. The van der Waals surface area contributed by atoms with Crippen molar-refractivity contribution in [3.05, 3.63) is 95.2 Å². The molecule has 1 aliphatic heterocycles. The van der Waals surface area contributed by atoms with Crippen LogP contribution in [0.2, 0.25) is 0 Å². The maximum absolute atomic E-state index is 13.7. The Kier molecular flexibility index (Phi) is 6.49. The van der Waals surface area contributed by atoms with Crippen LogP contribution in [-0.4, -0.2) is 19.5 Å². The van der Waals surface area contributed by atoms with Crippen molar-refractivity contribution < 1.29 is 14.3 Å². The lowest BCUT2D eigenvalue weighted by molar-refractivity contribution is -0.116. The quantitative estimate of drug-likeness (QED) is 0.421. The molecule has 180 valence electrons. The van der Waals surface area contributed by atoms with Gasteiger partial charge >= 0.3 is 0 Å². The summed E-state index contributed by atoms with van der Waals surface area (Å²) in [6, 6.07) is 24.1. The van der Waals surface area contributed by atoms with E-state index in [4.69, 9.17) is 9.47 Å². The summed E-state index contributed by atoms with van der Waals surface area (Å²) in [7, 11) is 1.66. The molecule has 0 spiro atoms. The summed E-state index contributed by atoms with van der Waals surface area (Å²) < 4.78 is 11.2. The molecule has 0 saturated carbocycles. The highest BCUT2D eigenvalue weighted by molar-refractivity contribution is 6.01. The van der Waals surface area contributed by atoms with Crippen LogP contribution < -0.4 is 20.1 Å². The fourth-order valence-corrected chi connectivity index (χ4v) is 4.87. The largest absolute Gasteiger partial charge is 0.497 e. The Labute approximate surface area is 207 Å². The summed E-state index contributed by atoms with van der Waals surface area (Å²) in [5.74, 6) is 2.44. The van der Waals surface area contributed by atoms with Crippen LogP contribution in [0.4, 0.5) is 11.4 Å². The Morgan fingerprint density at radius 3 is 2.20 bits per heavy atom. The van der Waals surface area contributed by atoms with Crippen LogP contribution in [0.1, 0.15) is 49.8 Å². The average molecular weight is 469 g/mol. The summed E-state index contributed by atoms with van der Waals surface area (Å²) >= 11 is 0. The van der Waals surface area contributed by atoms with Crippen LogP contribution >= 0.6 is 0 Å². The van der Waals surface area contributed by atoms with E-state index < -0.39 is 0 Å². The van der Waals surface area contributed by atoms with E-state index in [1.807, 2.05) is 48.5 Å². The lowest BCUT2D eigenvalue weighted by atomic mass is 9.78. The van der Waals surface area contributed by atoms with Crippen molar-refractivity contribution in [2.24, 2.45) is 5.92 Å². The molecule has 0 fully saturated rings. The number of para-hydroxylation sites is 2. The van der Waals surface area contributed by atoms with E-state index >= 15 is 0 Å². The number of carbonyl (C=O) groups excluding carboxylic acids is 1. The number of carbonyl (C=O) groups is 1. The van der Waals surface area contributed by atoms with E-state index in [1.165, 1.54) is 0 Å². The zero-order chi connectivity index (χ0) is 24.4. The van der Waals surface area contributed by atoms with Gasteiger partial charge in [-0.15, -0.1) is 0 Å². The van der Waals surface area contributed by atoms with Crippen molar-refractivity contribution in [2.45, 2.75) is 38.6 Å². The minimum atomic E-state index is -0.229. The van der Waals surface area contributed by atoms with Gasteiger partial charge in [0.05, 0.1) is 31.1 Å². The van der Waals surface area contributed by atoms with Crippen molar-refractivity contribution in [2.75, 3.05) is 24.4 Å². The summed E-state index contributed by atoms with van der Waals surface area (Å²) in [5.41, 5.74) is 5.98. The number of benzene rings is 3. The molecule has 1 heterocycles. The van der Waals surface area contributed by atoms with E-state index in [-0.39, 0.29) is 17.7 Å². The second kappa shape index (κ2) is 9.87. The lowest BCUT2D eigenvalue weighted by Gasteiger charge is -2.30. The summed E-state index contributed by atoms with van der Waals surface area (Å²) in [6.45, 7) is 4.97. The fourth-order valence-electron chi connectivity index (χ4n) is 4.87. The van der Waals surface area contributed by atoms with Crippen molar-refractivity contribution in [1.82, 2.24) is 0 Å². The van der Waals surface area contributed by atoms with Crippen molar-refractivity contribution in [3.63, 3.8) is 0 Å². The second-order valence-electron chi connectivity index (χ2n) is 9.72. The Hall–Kier alpha value is -3.73. The molecular formula is C30H32N2O3. The Morgan fingerprint density at radius 2 is 1.51 bits per heavy atom. The zero-order valence-corrected chi connectivity index (χ0v) is 20.5. The smallest absolute Gasteiger partial charge is 0.163 e. The first-order valence-corrected chi connectivity index (χ1v) is 12.3. The molecule has 5 nitrogen and oxygen atoms in total. The number of hydrogen-bond donors (Lipinski definition) is 2. The predicted molar refractivity (Wildman–Crippen MR) is 140 cm³/mol. The molecule has 0 radical (unpaired) electrons. The third-order valence-corrected chi connectivity index (χ3v) is 6.69. The molecule has 1 aliphatic carbocycles. The highest BCUT2D eigenvalue weighted by Gasteiger charge is 2.36. The van der Waals surface area contributed by atoms with E-state index in [1.54, 1.807) is 7.11 Å². The third-order valence-electron chi connectivity index (χ3n) is 6.69. The zero-order valence-electron chi connectivity index (χ0n) is 20.5. The van der Waals surface area contributed by atoms with Crippen LogP contribution in [0.15, 0.2) is 84.1 Å². The average Bonchev–Trinajstić information content (AvgIpc) is 3.05. The molecule has 3 aromatic carbocycles. The van der Waals surface area contributed by atoms with Gasteiger partial charge < -0.3 is 20.1 Å². The molecule has 2 unspecified atom stereocenters. The number of rotatable bonds is 6. The topological polar surface area (TPSA) is 59.6 Å². The van der Waals surface area contributed by atoms with Crippen molar-refractivity contribution >= 4 is 17.2 Å². The van der Waals surface area contributed by atoms with Gasteiger partial charge in [-0.05, 0) is 65.8 Å². The van der Waals surface area contributed by atoms with Gasteiger partial charge in [0.15, 0.2) is 5.78 Å². The van der Waals surface area contributed by atoms with Gasteiger partial charge in [0.25, 0.3) is 0 Å². The first-order valence-electron chi connectivity index (χ1n) is 12.3. The van der Waals surface area contributed by atoms with Gasteiger partial charge in [0.2, 0.25) is 0 Å². The molecule has 0 amide bonds. The van der Waals surface area contributed by atoms with Crippen molar-refractivity contribution in [3.8, 4) is 11.5 Å². The van der Waals surface area contributed by atoms with Gasteiger partial charge in [-0.3, -0.25) is 4.79 Å². The highest BCUT2D eigenvalue weighted by atomic mass is 16.5. The molecule has 5 rings (SSSR count). The minimum Gasteiger partial charge on any atom is -0.497 e. The SMILES string of the molecule is COc1ccc(C2Nc3ccccc3NC3=C2C(=O)CC(c2ccc(OCC(C)C)cc2)C3)cc1.